The highest BCUT2D eigenvalue weighted by Gasteiger charge is 2.21. The van der Waals surface area contributed by atoms with Crippen molar-refractivity contribution < 1.29 is 14.3 Å². The van der Waals surface area contributed by atoms with Gasteiger partial charge in [0.1, 0.15) is 11.1 Å². The van der Waals surface area contributed by atoms with Crippen molar-refractivity contribution in [2.45, 2.75) is 52.4 Å². The zero-order chi connectivity index (χ0) is 21.3. The third-order valence-corrected chi connectivity index (χ3v) is 6.18. The molecule has 1 N–H and O–H groups in total. The lowest BCUT2D eigenvalue weighted by atomic mass is 9.96. The number of anilines is 1. The summed E-state index contributed by atoms with van der Waals surface area (Å²) in [4.78, 5) is 13.7. The summed E-state index contributed by atoms with van der Waals surface area (Å²) >= 11 is 1.53. The van der Waals surface area contributed by atoms with E-state index in [2.05, 4.69) is 18.3 Å². The van der Waals surface area contributed by atoms with E-state index in [0.29, 0.717) is 29.5 Å². The number of nitrogens with zero attached hydrogens (tertiary/aromatic N) is 1. The van der Waals surface area contributed by atoms with Crippen LogP contribution in [0.1, 0.15) is 61.1 Å². The molecule has 1 aliphatic rings. The molecule has 5 nitrogen and oxygen atoms in total. The number of unbranched alkanes of at least 4 members (excludes halogenated alkanes) is 1. The average Bonchev–Trinajstić information content (AvgIpc) is 3.10. The largest absolute Gasteiger partial charge is 0.490 e. The molecule has 0 spiro atoms. The van der Waals surface area contributed by atoms with E-state index in [4.69, 9.17) is 9.47 Å². The molecule has 0 saturated heterocycles. The predicted molar refractivity (Wildman–Crippen MR) is 121 cm³/mol. The van der Waals surface area contributed by atoms with Gasteiger partial charge in [-0.15, -0.1) is 11.3 Å². The van der Waals surface area contributed by atoms with Gasteiger partial charge < -0.3 is 14.8 Å². The van der Waals surface area contributed by atoms with Crippen LogP contribution in [0.3, 0.4) is 0 Å². The molecule has 6 heteroatoms. The molecule has 2 aromatic rings. The minimum atomic E-state index is -0.244. The first-order valence-corrected chi connectivity index (χ1v) is 11.4. The van der Waals surface area contributed by atoms with Crippen LogP contribution in [0, 0.1) is 11.3 Å². The van der Waals surface area contributed by atoms with Gasteiger partial charge in [0.05, 0.1) is 18.8 Å². The molecular weight excluding hydrogens is 396 g/mol. The van der Waals surface area contributed by atoms with Crippen molar-refractivity contribution >= 4 is 28.3 Å². The van der Waals surface area contributed by atoms with Gasteiger partial charge in [0, 0.05) is 11.0 Å². The summed E-state index contributed by atoms with van der Waals surface area (Å²) in [6.07, 6.45) is 9.46. The van der Waals surface area contributed by atoms with Crippen LogP contribution < -0.4 is 14.8 Å². The van der Waals surface area contributed by atoms with Crippen molar-refractivity contribution in [2.75, 3.05) is 18.5 Å². The number of aryl methyl sites for hydroxylation is 1. The second kappa shape index (κ2) is 10.8. The Hall–Kier alpha value is -2.78. The molecular formula is C24H28N2O3S. The maximum Gasteiger partial charge on any atom is 0.249 e. The molecule has 30 heavy (non-hydrogen) atoms. The van der Waals surface area contributed by atoms with Crippen LogP contribution in [0.5, 0.6) is 11.5 Å². The van der Waals surface area contributed by atoms with Crippen LogP contribution in [0.4, 0.5) is 5.00 Å². The lowest BCUT2D eigenvalue weighted by Crippen LogP contribution is -2.08. The Bertz CT molecular complexity index is 956. The third-order valence-electron chi connectivity index (χ3n) is 4.97. The summed E-state index contributed by atoms with van der Waals surface area (Å²) in [6.45, 7) is 5.24. The fraction of sp³-hybridized carbons (Fsp3) is 0.417. The summed E-state index contributed by atoms with van der Waals surface area (Å²) in [5.41, 5.74) is 2.60. The van der Waals surface area contributed by atoms with Gasteiger partial charge in [-0.2, -0.15) is 5.26 Å². The number of hydrogen-bond donors (Lipinski definition) is 1. The van der Waals surface area contributed by atoms with Crippen LogP contribution in [0.25, 0.3) is 6.08 Å². The summed E-state index contributed by atoms with van der Waals surface area (Å²) in [5, 5.41) is 13.1. The van der Waals surface area contributed by atoms with Gasteiger partial charge in [0.2, 0.25) is 5.91 Å². The number of thiophene rings is 1. The van der Waals surface area contributed by atoms with Crippen LogP contribution in [-0.4, -0.2) is 19.1 Å². The van der Waals surface area contributed by atoms with E-state index in [1.165, 1.54) is 22.3 Å². The van der Waals surface area contributed by atoms with E-state index >= 15 is 0 Å². The van der Waals surface area contributed by atoms with Crippen molar-refractivity contribution in [3.8, 4) is 17.6 Å². The molecule has 1 aromatic carbocycles. The number of rotatable bonds is 9. The molecule has 0 bridgehead atoms. The lowest BCUT2D eigenvalue weighted by molar-refractivity contribution is -0.111. The minimum Gasteiger partial charge on any atom is -0.490 e. The van der Waals surface area contributed by atoms with Crippen molar-refractivity contribution in [3.63, 3.8) is 0 Å². The number of ether oxygens (including phenoxy) is 2. The van der Waals surface area contributed by atoms with Crippen LogP contribution in [0.2, 0.25) is 0 Å². The lowest BCUT2D eigenvalue weighted by Gasteiger charge is -2.12. The highest BCUT2D eigenvalue weighted by molar-refractivity contribution is 7.16. The first kappa shape index (κ1) is 21.9. The quantitative estimate of drug-likeness (QED) is 0.412. The average molecular weight is 425 g/mol. The van der Waals surface area contributed by atoms with E-state index in [0.717, 1.165) is 55.4 Å². The molecule has 1 amide bonds. The molecule has 1 aliphatic carbocycles. The van der Waals surface area contributed by atoms with Crippen LogP contribution in [0.15, 0.2) is 24.3 Å². The molecule has 0 aliphatic heterocycles. The van der Waals surface area contributed by atoms with Gasteiger partial charge in [-0.3, -0.25) is 4.79 Å². The number of benzene rings is 1. The van der Waals surface area contributed by atoms with E-state index in [1.54, 1.807) is 6.08 Å². The van der Waals surface area contributed by atoms with Gasteiger partial charge in [-0.1, -0.05) is 19.4 Å². The topological polar surface area (TPSA) is 71.3 Å². The second-order valence-corrected chi connectivity index (χ2v) is 8.30. The number of amides is 1. The van der Waals surface area contributed by atoms with Crippen LogP contribution in [-0.2, 0) is 17.6 Å². The second-order valence-electron chi connectivity index (χ2n) is 7.19. The summed E-state index contributed by atoms with van der Waals surface area (Å²) in [6, 6.07) is 7.92. The van der Waals surface area contributed by atoms with Gasteiger partial charge in [-0.25, -0.2) is 0 Å². The number of nitrogens with one attached hydrogen (secondary N) is 1. The van der Waals surface area contributed by atoms with Crippen molar-refractivity contribution in [2.24, 2.45) is 0 Å². The molecule has 0 saturated carbocycles. The molecule has 1 aromatic heterocycles. The Kier molecular flexibility index (Phi) is 7.92. The number of carbonyl (C=O) groups excluding carboxylic acids is 1. The zero-order valence-electron chi connectivity index (χ0n) is 17.6. The summed E-state index contributed by atoms with van der Waals surface area (Å²) in [5.74, 6) is 1.15. The van der Waals surface area contributed by atoms with Crippen molar-refractivity contribution in [3.05, 3.63) is 45.8 Å². The standard InChI is InChI=1S/C24H28N2O3S/c1-3-5-14-29-20-12-10-17(15-21(20)28-4-2)11-13-23(27)26-24-19(16-25)18-8-6-7-9-22(18)30-24/h10-13,15H,3-9,14H2,1-2H3,(H,26,27)/b13-11+. The summed E-state index contributed by atoms with van der Waals surface area (Å²) < 4.78 is 11.5. The fourth-order valence-electron chi connectivity index (χ4n) is 3.44. The highest BCUT2D eigenvalue weighted by atomic mass is 32.1. The van der Waals surface area contributed by atoms with Gasteiger partial charge >= 0.3 is 0 Å². The Balaban J connectivity index is 1.69. The summed E-state index contributed by atoms with van der Waals surface area (Å²) in [7, 11) is 0. The molecule has 1 heterocycles. The smallest absolute Gasteiger partial charge is 0.249 e. The van der Waals surface area contributed by atoms with E-state index < -0.39 is 0 Å². The maximum atomic E-state index is 12.5. The van der Waals surface area contributed by atoms with E-state index in [-0.39, 0.29) is 5.91 Å². The van der Waals surface area contributed by atoms with Gasteiger partial charge in [-0.05, 0) is 68.4 Å². The van der Waals surface area contributed by atoms with Gasteiger partial charge in [0.15, 0.2) is 11.5 Å². The predicted octanol–water partition coefficient (Wildman–Crippen LogP) is 5.73. The molecule has 3 rings (SSSR count). The number of nitriles is 1. The molecule has 158 valence electrons. The Labute approximate surface area is 182 Å². The molecule has 0 radical (unpaired) electrons. The minimum absolute atomic E-state index is 0.244. The normalized spacial score (nSPS) is 13.0. The molecule has 0 atom stereocenters. The van der Waals surface area contributed by atoms with Crippen molar-refractivity contribution in [1.82, 2.24) is 0 Å². The fourth-order valence-corrected chi connectivity index (χ4v) is 4.68. The van der Waals surface area contributed by atoms with Gasteiger partial charge in [0.25, 0.3) is 0 Å². The number of carbonyl (C=O) groups is 1. The third kappa shape index (κ3) is 5.43. The SMILES string of the molecule is CCCCOc1ccc(/C=C/C(=O)Nc2sc3c(c2C#N)CCCC3)cc1OCC. The Morgan fingerprint density at radius 1 is 1.23 bits per heavy atom. The maximum absolute atomic E-state index is 12.5. The first-order valence-electron chi connectivity index (χ1n) is 10.6. The highest BCUT2D eigenvalue weighted by Crippen LogP contribution is 2.37. The van der Waals surface area contributed by atoms with E-state index in [1.807, 2.05) is 25.1 Å². The first-order chi connectivity index (χ1) is 14.7. The van der Waals surface area contributed by atoms with Crippen molar-refractivity contribution in [1.29, 1.82) is 5.26 Å². The number of hydrogen-bond acceptors (Lipinski definition) is 5. The molecule has 0 unspecified atom stereocenters. The van der Waals surface area contributed by atoms with E-state index in [9.17, 15) is 10.1 Å². The monoisotopic (exact) mass is 424 g/mol. The van der Waals surface area contributed by atoms with Crippen LogP contribution >= 0.6 is 11.3 Å². The zero-order valence-corrected chi connectivity index (χ0v) is 18.4. The molecule has 0 fully saturated rings. The number of fused-ring (bicyclic) bond motifs is 1. The Morgan fingerprint density at radius 2 is 2.07 bits per heavy atom. The Morgan fingerprint density at radius 3 is 2.83 bits per heavy atom.